The van der Waals surface area contributed by atoms with Crippen LogP contribution in [0, 0.1) is 0 Å². The first-order valence-electron chi connectivity index (χ1n) is 4.31. The Morgan fingerprint density at radius 1 is 1.33 bits per heavy atom. The number of furan rings is 1. The first-order valence-corrected chi connectivity index (χ1v) is 4.31. The number of nitrogens with zero attached hydrogens (tertiary/aromatic N) is 1. The summed E-state index contributed by atoms with van der Waals surface area (Å²) in [7, 11) is 0. The quantitative estimate of drug-likeness (QED) is 0.650. The average molecular weight is 202 g/mol. The molecule has 2 aromatic heterocycles. The minimum atomic E-state index is -0.538. The number of benzene rings is 1. The molecule has 0 fully saturated rings. The summed E-state index contributed by atoms with van der Waals surface area (Å²) in [5, 5.41) is 5.24. The third-order valence-electron chi connectivity index (χ3n) is 2.33. The normalized spacial score (nSPS) is 11.2. The van der Waals surface area contributed by atoms with E-state index in [-0.39, 0.29) is 0 Å². The van der Waals surface area contributed by atoms with Gasteiger partial charge in [0.05, 0.1) is 10.9 Å². The average Bonchev–Trinajstić information content (AvgIpc) is 2.82. The van der Waals surface area contributed by atoms with Crippen molar-refractivity contribution < 1.29 is 13.7 Å². The Morgan fingerprint density at radius 2 is 2.20 bits per heavy atom. The molecule has 74 valence electrons. The van der Waals surface area contributed by atoms with Crippen molar-refractivity contribution in [2.45, 2.75) is 0 Å². The van der Waals surface area contributed by atoms with Crippen LogP contribution < -0.4 is 5.73 Å². The lowest BCUT2D eigenvalue weighted by Crippen LogP contribution is -2.09. The fraction of sp³-hybridized carbons (Fsp3) is 0. The summed E-state index contributed by atoms with van der Waals surface area (Å²) in [6.45, 7) is 0. The molecule has 2 heterocycles. The van der Waals surface area contributed by atoms with Crippen molar-refractivity contribution in [3.05, 3.63) is 30.2 Å². The number of carbonyl (C=O) groups is 1. The van der Waals surface area contributed by atoms with Crippen LogP contribution in [-0.2, 0) is 0 Å². The maximum atomic E-state index is 11.1. The number of hydrogen-bond donors (Lipinski definition) is 1. The van der Waals surface area contributed by atoms with Gasteiger partial charge < -0.3 is 14.7 Å². The first-order chi connectivity index (χ1) is 7.27. The maximum absolute atomic E-state index is 11.1. The van der Waals surface area contributed by atoms with Gasteiger partial charge in [0, 0.05) is 5.39 Å². The molecule has 0 spiro atoms. The molecule has 1 amide bonds. The zero-order chi connectivity index (χ0) is 10.4. The SMILES string of the molecule is NC(=O)c1coc2ccc3conc3c12. The van der Waals surface area contributed by atoms with Gasteiger partial charge in [0.25, 0.3) is 5.91 Å². The second kappa shape index (κ2) is 2.60. The van der Waals surface area contributed by atoms with Gasteiger partial charge in [0.15, 0.2) is 0 Å². The van der Waals surface area contributed by atoms with Gasteiger partial charge in [-0.3, -0.25) is 4.79 Å². The molecule has 0 radical (unpaired) electrons. The summed E-state index contributed by atoms with van der Waals surface area (Å²) in [5.41, 5.74) is 6.72. The molecule has 0 unspecified atom stereocenters. The van der Waals surface area contributed by atoms with Gasteiger partial charge in [-0.05, 0) is 12.1 Å². The van der Waals surface area contributed by atoms with E-state index in [2.05, 4.69) is 5.16 Å². The van der Waals surface area contributed by atoms with Gasteiger partial charge >= 0.3 is 0 Å². The Morgan fingerprint density at radius 3 is 3.00 bits per heavy atom. The second-order valence-electron chi connectivity index (χ2n) is 3.20. The predicted molar refractivity (Wildman–Crippen MR) is 52.3 cm³/mol. The molecule has 3 rings (SSSR count). The second-order valence-corrected chi connectivity index (χ2v) is 3.20. The Kier molecular flexibility index (Phi) is 1.39. The van der Waals surface area contributed by atoms with E-state index in [1.165, 1.54) is 12.5 Å². The molecule has 5 nitrogen and oxygen atoms in total. The molecule has 5 heteroatoms. The molecule has 0 aliphatic rings. The summed E-state index contributed by atoms with van der Waals surface area (Å²) in [4.78, 5) is 11.1. The Hall–Kier alpha value is -2.30. The molecule has 2 N–H and O–H groups in total. The van der Waals surface area contributed by atoms with E-state index in [0.29, 0.717) is 22.0 Å². The number of aromatic nitrogens is 1. The Labute approximate surface area is 83.4 Å². The van der Waals surface area contributed by atoms with Crippen molar-refractivity contribution in [1.82, 2.24) is 5.16 Å². The van der Waals surface area contributed by atoms with Gasteiger partial charge in [-0.1, -0.05) is 5.16 Å². The molecular weight excluding hydrogens is 196 g/mol. The van der Waals surface area contributed by atoms with Crippen LogP contribution in [0.15, 0.2) is 33.6 Å². The smallest absolute Gasteiger partial charge is 0.252 e. The monoisotopic (exact) mass is 202 g/mol. The minimum absolute atomic E-state index is 0.324. The van der Waals surface area contributed by atoms with Crippen LogP contribution >= 0.6 is 0 Å². The van der Waals surface area contributed by atoms with E-state index >= 15 is 0 Å². The number of rotatable bonds is 1. The zero-order valence-electron chi connectivity index (χ0n) is 7.56. The summed E-state index contributed by atoms with van der Waals surface area (Å²) in [6.07, 6.45) is 2.84. The summed E-state index contributed by atoms with van der Waals surface area (Å²) in [6, 6.07) is 3.56. The number of carbonyl (C=O) groups excluding carboxylic acids is 1. The maximum Gasteiger partial charge on any atom is 0.252 e. The molecular formula is C10H6N2O3. The lowest BCUT2D eigenvalue weighted by atomic mass is 10.1. The fourth-order valence-corrected chi connectivity index (χ4v) is 1.64. The van der Waals surface area contributed by atoms with Gasteiger partial charge in [-0.25, -0.2) is 0 Å². The molecule has 3 aromatic rings. The third kappa shape index (κ3) is 0.969. The molecule has 0 atom stereocenters. The van der Waals surface area contributed by atoms with Crippen LogP contribution in [0.2, 0.25) is 0 Å². The van der Waals surface area contributed by atoms with Crippen molar-refractivity contribution in [3.8, 4) is 0 Å². The van der Waals surface area contributed by atoms with E-state index < -0.39 is 5.91 Å². The van der Waals surface area contributed by atoms with Crippen molar-refractivity contribution in [1.29, 1.82) is 0 Å². The molecule has 0 saturated heterocycles. The predicted octanol–water partition coefficient (Wildman–Crippen LogP) is 1.67. The highest BCUT2D eigenvalue weighted by atomic mass is 16.5. The summed E-state index contributed by atoms with van der Waals surface area (Å²) in [5.74, 6) is -0.538. The molecule has 0 bridgehead atoms. The number of amides is 1. The molecule has 15 heavy (non-hydrogen) atoms. The number of nitrogens with two attached hydrogens (primary N) is 1. The summed E-state index contributed by atoms with van der Waals surface area (Å²) < 4.78 is 10.0. The van der Waals surface area contributed by atoms with E-state index in [1.807, 2.05) is 6.07 Å². The van der Waals surface area contributed by atoms with E-state index in [9.17, 15) is 4.79 Å². The highest BCUT2D eigenvalue weighted by molar-refractivity contribution is 6.14. The first kappa shape index (κ1) is 8.05. The van der Waals surface area contributed by atoms with E-state index in [0.717, 1.165) is 5.39 Å². The van der Waals surface area contributed by atoms with Crippen molar-refractivity contribution >= 4 is 27.8 Å². The lowest BCUT2D eigenvalue weighted by Gasteiger charge is -1.91. The van der Waals surface area contributed by atoms with Crippen LogP contribution in [0.3, 0.4) is 0 Å². The van der Waals surface area contributed by atoms with Gasteiger partial charge in [-0.2, -0.15) is 0 Å². The standard InChI is InChI=1S/C10H6N2O3/c11-10(13)6-4-14-7-2-1-5-3-15-12-9(5)8(6)7/h1-4H,(H2,11,13). The fourth-order valence-electron chi connectivity index (χ4n) is 1.64. The third-order valence-corrected chi connectivity index (χ3v) is 2.33. The number of primary amides is 1. The highest BCUT2D eigenvalue weighted by Gasteiger charge is 2.15. The van der Waals surface area contributed by atoms with Crippen molar-refractivity contribution in [3.63, 3.8) is 0 Å². The highest BCUT2D eigenvalue weighted by Crippen LogP contribution is 2.28. The van der Waals surface area contributed by atoms with Crippen molar-refractivity contribution in [2.75, 3.05) is 0 Å². The van der Waals surface area contributed by atoms with Gasteiger partial charge in [0.1, 0.15) is 23.6 Å². The van der Waals surface area contributed by atoms with E-state index in [4.69, 9.17) is 14.7 Å². The Balaban J connectivity index is 2.57. The molecule has 0 aliphatic heterocycles. The molecule has 0 saturated carbocycles. The zero-order valence-corrected chi connectivity index (χ0v) is 7.56. The minimum Gasteiger partial charge on any atom is -0.463 e. The lowest BCUT2D eigenvalue weighted by molar-refractivity contribution is 0.100. The van der Waals surface area contributed by atoms with Crippen LogP contribution in [-0.4, -0.2) is 11.1 Å². The van der Waals surface area contributed by atoms with Gasteiger partial charge in [-0.15, -0.1) is 0 Å². The van der Waals surface area contributed by atoms with Crippen LogP contribution in [0.1, 0.15) is 10.4 Å². The molecule has 1 aromatic carbocycles. The van der Waals surface area contributed by atoms with Crippen LogP contribution in [0.4, 0.5) is 0 Å². The summed E-state index contributed by atoms with van der Waals surface area (Å²) >= 11 is 0. The number of hydrogen-bond acceptors (Lipinski definition) is 4. The van der Waals surface area contributed by atoms with Crippen LogP contribution in [0.5, 0.6) is 0 Å². The largest absolute Gasteiger partial charge is 0.463 e. The van der Waals surface area contributed by atoms with Crippen LogP contribution in [0.25, 0.3) is 21.9 Å². The topological polar surface area (TPSA) is 82.3 Å². The van der Waals surface area contributed by atoms with Crippen molar-refractivity contribution in [2.24, 2.45) is 5.73 Å². The van der Waals surface area contributed by atoms with E-state index in [1.54, 1.807) is 6.07 Å². The Bertz CT molecular complexity index is 665. The number of fused-ring (bicyclic) bond motifs is 3. The van der Waals surface area contributed by atoms with Gasteiger partial charge in [0.2, 0.25) is 0 Å². The molecule has 0 aliphatic carbocycles.